The van der Waals surface area contributed by atoms with Crippen LogP contribution in [0.4, 0.5) is 11.4 Å². The van der Waals surface area contributed by atoms with Crippen LogP contribution in [-0.4, -0.2) is 44.3 Å². The van der Waals surface area contributed by atoms with Crippen molar-refractivity contribution in [3.8, 4) is 11.1 Å². The molecule has 0 radical (unpaired) electrons. The summed E-state index contributed by atoms with van der Waals surface area (Å²) in [5.41, 5.74) is 8.76. The quantitative estimate of drug-likeness (QED) is 0.246. The van der Waals surface area contributed by atoms with Crippen LogP contribution in [0.5, 0.6) is 0 Å². The van der Waals surface area contributed by atoms with Gasteiger partial charge in [0.15, 0.2) is 0 Å². The predicted molar refractivity (Wildman–Crippen MR) is 143 cm³/mol. The predicted octanol–water partition coefficient (Wildman–Crippen LogP) is 5.06. The maximum atomic E-state index is 12.8. The number of hydrogen-bond donors (Lipinski definition) is 6. The average molecular weight is 523 g/mol. The molecule has 0 amide bonds. The number of hydrogen-bond acceptors (Lipinski definition) is 6. The minimum absolute atomic E-state index is 0.0872. The van der Waals surface area contributed by atoms with Gasteiger partial charge in [-0.25, -0.2) is 19.2 Å². The second kappa shape index (κ2) is 9.05. The van der Waals surface area contributed by atoms with E-state index in [1.807, 2.05) is 47.6 Å². The van der Waals surface area contributed by atoms with Crippen molar-refractivity contribution in [1.29, 1.82) is 0 Å². The number of fused-ring (bicyclic) bond motifs is 1. The molecule has 200 valence electrons. The fourth-order valence-electron chi connectivity index (χ4n) is 4.64. The minimum atomic E-state index is -1.69. The molecule has 10 nitrogen and oxygen atoms in total. The van der Waals surface area contributed by atoms with Crippen molar-refractivity contribution in [3.05, 3.63) is 57.6 Å². The van der Waals surface area contributed by atoms with E-state index in [-0.39, 0.29) is 11.0 Å². The number of carboxylic acids is 4. The third-order valence-electron chi connectivity index (χ3n) is 6.51. The summed E-state index contributed by atoms with van der Waals surface area (Å²) in [5.74, 6) is -6.57. The number of anilines is 2. The molecule has 0 saturated heterocycles. The van der Waals surface area contributed by atoms with Crippen LogP contribution in [0.3, 0.4) is 0 Å². The summed E-state index contributed by atoms with van der Waals surface area (Å²) in [7, 11) is 0. The molecule has 0 aromatic heterocycles. The number of nitrogen functional groups attached to an aromatic ring is 2. The van der Waals surface area contributed by atoms with Crippen LogP contribution in [0.1, 0.15) is 94.1 Å². The molecular weight excluding hydrogens is 492 g/mol. The molecule has 0 spiro atoms. The molecule has 0 unspecified atom stereocenters. The van der Waals surface area contributed by atoms with Crippen LogP contribution in [0.15, 0.2) is 24.3 Å². The summed E-state index contributed by atoms with van der Waals surface area (Å²) < 4.78 is 0. The summed E-state index contributed by atoms with van der Waals surface area (Å²) in [6.45, 7) is 11.7. The van der Waals surface area contributed by atoms with Crippen LogP contribution in [0, 0.1) is 0 Å². The van der Waals surface area contributed by atoms with Gasteiger partial charge >= 0.3 is 23.9 Å². The molecule has 3 aromatic rings. The van der Waals surface area contributed by atoms with Gasteiger partial charge in [0, 0.05) is 10.8 Å². The summed E-state index contributed by atoms with van der Waals surface area (Å²) in [4.78, 5) is 49.7. The Hall–Kier alpha value is -4.60. The maximum absolute atomic E-state index is 12.8. The topological polar surface area (TPSA) is 201 Å². The highest BCUT2D eigenvalue weighted by Crippen LogP contribution is 2.45. The molecule has 8 N–H and O–H groups in total. The van der Waals surface area contributed by atoms with Crippen LogP contribution in [0.25, 0.3) is 21.9 Å². The highest BCUT2D eigenvalue weighted by molar-refractivity contribution is 6.28. The Kier molecular flexibility index (Phi) is 6.67. The number of rotatable bonds is 5. The zero-order valence-electron chi connectivity index (χ0n) is 21.9. The number of carbonyl (C=O) groups is 4. The van der Waals surface area contributed by atoms with Crippen molar-refractivity contribution in [1.82, 2.24) is 0 Å². The Bertz CT molecular complexity index is 1560. The Labute approximate surface area is 218 Å². The van der Waals surface area contributed by atoms with Gasteiger partial charge < -0.3 is 31.9 Å². The molecule has 0 heterocycles. The Morgan fingerprint density at radius 1 is 0.605 bits per heavy atom. The van der Waals surface area contributed by atoms with E-state index in [0.717, 1.165) is 11.6 Å². The average Bonchev–Trinajstić information content (AvgIpc) is 2.76. The van der Waals surface area contributed by atoms with Gasteiger partial charge in [0.1, 0.15) is 0 Å². The number of aromatic carboxylic acids is 4. The van der Waals surface area contributed by atoms with Gasteiger partial charge in [-0.2, -0.15) is 0 Å². The van der Waals surface area contributed by atoms with Gasteiger partial charge in [0.2, 0.25) is 0 Å². The fourth-order valence-corrected chi connectivity index (χ4v) is 4.64. The fraction of sp³-hybridized carbons (Fsp3) is 0.286. The van der Waals surface area contributed by atoms with E-state index < -0.39 is 73.7 Å². The van der Waals surface area contributed by atoms with Gasteiger partial charge in [-0.1, -0.05) is 59.7 Å². The first-order valence-corrected chi connectivity index (χ1v) is 11.6. The first-order chi connectivity index (χ1) is 17.3. The third-order valence-corrected chi connectivity index (χ3v) is 6.51. The zero-order valence-corrected chi connectivity index (χ0v) is 21.9. The third kappa shape index (κ3) is 4.49. The van der Waals surface area contributed by atoms with Crippen molar-refractivity contribution in [2.24, 2.45) is 0 Å². The van der Waals surface area contributed by atoms with Gasteiger partial charge in [0.25, 0.3) is 0 Å². The van der Waals surface area contributed by atoms with E-state index in [2.05, 4.69) is 0 Å². The van der Waals surface area contributed by atoms with E-state index in [1.165, 1.54) is 0 Å². The minimum Gasteiger partial charge on any atom is -0.478 e. The van der Waals surface area contributed by atoms with Crippen molar-refractivity contribution in [2.75, 3.05) is 11.5 Å². The van der Waals surface area contributed by atoms with E-state index in [9.17, 15) is 39.6 Å². The summed E-state index contributed by atoms with van der Waals surface area (Å²) >= 11 is 0. The van der Waals surface area contributed by atoms with Gasteiger partial charge in [-0.3, -0.25) is 0 Å². The summed E-state index contributed by atoms with van der Waals surface area (Å²) in [6.07, 6.45) is 0. The molecule has 0 aliphatic carbocycles. The highest BCUT2D eigenvalue weighted by atomic mass is 16.4. The van der Waals surface area contributed by atoms with Crippen molar-refractivity contribution < 1.29 is 39.6 Å². The molecule has 0 aliphatic rings. The molecule has 0 bridgehead atoms. The standard InChI is InChI=1S/C28H30N2O8/c1-27(2,3)11-7-8-12(15(9-11)28(4,5)6)13-10-14(23(31)32)16-18(17(13)24(33)34)20(26(37)38)22(30)21(29)19(16)25(35)36/h7-10H,29-30H2,1-6H3,(H,31,32)(H,33,34)(H,35,36)(H,37,38). The Morgan fingerprint density at radius 3 is 1.47 bits per heavy atom. The zero-order chi connectivity index (χ0) is 29.1. The van der Waals surface area contributed by atoms with Gasteiger partial charge in [0.05, 0.1) is 33.6 Å². The lowest BCUT2D eigenvalue weighted by atomic mass is 9.75. The largest absolute Gasteiger partial charge is 0.478 e. The Morgan fingerprint density at radius 2 is 1.08 bits per heavy atom. The van der Waals surface area contributed by atoms with Gasteiger partial charge in [-0.15, -0.1) is 0 Å². The number of benzene rings is 3. The monoisotopic (exact) mass is 522 g/mol. The normalized spacial score (nSPS) is 11.9. The first kappa shape index (κ1) is 28.0. The van der Waals surface area contributed by atoms with E-state index in [1.54, 1.807) is 12.1 Å². The summed E-state index contributed by atoms with van der Waals surface area (Å²) in [6, 6.07) is 6.42. The maximum Gasteiger partial charge on any atom is 0.338 e. The van der Waals surface area contributed by atoms with Crippen molar-refractivity contribution >= 4 is 46.0 Å². The van der Waals surface area contributed by atoms with Crippen molar-refractivity contribution in [2.45, 2.75) is 52.4 Å². The molecule has 10 heteroatoms. The molecule has 0 aliphatic heterocycles. The molecule has 0 saturated carbocycles. The van der Waals surface area contributed by atoms with E-state index in [0.29, 0.717) is 11.1 Å². The smallest absolute Gasteiger partial charge is 0.338 e. The van der Waals surface area contributed by atoms with Crippen LogP contribution in [0.2, 0.25) is 0 Å². The Balaban J connectivity index is 2.78. The van der Waals surface area contributed by atoms with E-state index >= 15 is 0 Å². The highest BCUT2D eigenvalue weighted by Gasteiger charge is 2.34. The lowest BCUT2D eigenvalue weighted by Gasteiger charge is -2.28. The molecule has 38 heavy (non-hydrogen) atoms. The van der Waals surface area contributed by atoms with Crippen LogP contribution < -0.4 is 11.5 Å². The van der Waals surface area contributed by atoms with Crippen LogP contribution >= 0.6 is 0 Å². The number of nitrogens with two attached hydrogens (primary N) is 2. The van der Waals surface area contributed by atoms with E-state index in [4.69, 9.17) is 11.5 Å². The molecule has 0 atom stereocenters. The van der Waals surface area contributed by atoms with Crippen molar-refractivity contribution in [3.63, 3.8) is 0 Å². The summed E-state index contributed by atoms with van der Waals surface area (Å²) in [5, 5.41) is 39.1. The van der Waals surface area contributed by atoms with Crippen LogP contribution in [-0.2, 0) is 10.8 Å². The number of carboxylic acid groups (broad SMARTS) is 4. The van der Waals surface area contributed by atoms with Gasteiger partial charge in [-0.05, 0) is 39.2 Å². The second-order valence-corrected chi connectivity index (χ2v) is 11.2. The first-order valence-electron chi connectivity index (χ1n) is 11.6. The molecule has 3 aromatic carbocycles. The lowest BCUT2D eigenvalue weighted by molar-refractivity contribution is 0.0676. The molecular formula is C28H30N2O8. The molecule has 0 fully saturated rings. The lowest BCUT2D eigenvalue weighted by Crippen LogP contribution is -2.19. The second-order valence-electron chi connectivity index (χ2n) is 11.2. The SMILES string of the molecule is CC(C)(C)c1ccc(-c2cc(C(=O)O)c3c(C(=O)O)c(N)c(N)c(C(=O)O)c3c2C(=O)O)c(C(C)(C)C)c1. The molecule has 3 rings (SSSR count).